The summed E-state index contributed by atoms with van der Waals surface area (Å²) in [7, 11) is 0. The number of nitrogens with one attached hydrogen (secondary N) is 1. The van der Waals surface area contributed by atoms with Gasteiger partial charge in [-0.2, -0.15) is 0 Å². The third-order valence-corrected chi connectivity index (χ3v) is 5.35. The molecule has 0 radical (unpaired) electrons. The van der Waals surface area contributed by atoms with E-state index in [1.165, 1.54) is 38.8 Å². The number of likely N-dealkylation sites (tertiary alicyclic amines) is 1. The van der Waals surface area contributed by atoms with E-state index in [1.54, 1.807) is 0 Å². The summed E-state index contributed by atoms with van der Waals surface area (Å²) in [5.74, 6) is 2.55. The van der Waals surface area contributed by atoms with Crippen LogP contribution in [0.2, 0.25) is 0 Å². The molecular formula is C21H34N4O2. The second-order valence-electron chi connectivity index (χ2n) is 7.82. The van der Waals surface area contributed by atoms with Gasteiger partial charge in [0, 0.05) is 24.2 Å². The first-order valence-electron chi connectivity index (χ1n) is 10.3. The molecule has 0 aromatic heterocycles. The molecule has 0 bridgehead atoms. The molecule has 0 saturated carbocycles. The lowest BCUT2D eigenvalue weighted by molar-refractivity contribution is 0.166. The van der Waals surface area contributed by atoms with Crippen molar-refractivity contribution < 1.29 is 9.47 Å². The fraction of sp³-hybridized carbons (Fsp3) is 0.667. The summed E-state index contributed by atoms with van der Waals surface area (Å²) in [6.45, 7) is 8.99. The molecule has 2 heterocycles. The van der Waals surface area contributed by atoms with Crippen LogP contribution >= 0.6 is 0 Å². The Labute approximate surface area is 163 Å². The van der Waals surface area contributed by atoms with E-state index in [2.05, 4.69) is 29.1 Å². The molecule has 1 atom stereocenters. The lowest BCUT2D eigenvalue weighted by Crippen LogP contribution is -2.42. The largest absolute Gasteiger partial charge is 0.490 e. The van der Waals surface area contributed by atoms with Gasteiger partial charge in [-0.3, -0.25) is 9.89 Å². The Hall–Kier alpha value is -1.95. The van der Waals surface area contributed by atoms with Crippen molar-refractivity contribution in [1.82, 2.24) is 4.90 Å². The Bertz CT molecular complexity index is 625. The van der Waals surface area contributed by atoms with E-state index in [4.69, 9.17) is 15.2 Å². The van der Waals surface area contributed by atoms with Gasteiger partial charge in [-0.15, -0.1) is 0 Å². The van der Waals surface area contributed by atoms with Gasteiger partial charge in [0.1, 0.15) is 0 Å². The van der Waals surface area contributed by atoms with Crippen molar-refractivity contribution in [2.24, 2.45) is 16.6 Å². The maximum atomic E-state index is 6.17. The number of nitrogens with zero attached hydrogens (tertiary/aromatic N) is 2. The van der Waals surface area contributed by atoms with Crippen molar-refractivity contribution >= 4 is 11.6 Å². The topological polar surface area (TPSA) is 72.1 Å². The van der Waals surface area contributed by atoms with Gasteiger partial charge in [0.25, 0.3) is 0 Å². The van der Waals surface area contributed by atoms with Crippen LogP contribution in [0.5, 0.6) is 11.5 Å². The molecule has 1 aromatic rings. The van der Waals surface area contributed by atoms with Crippen LogP contribution in [0.3, 0.4) is 0 Å². The Kier molecular flexibility index (Phi) is 7.21. The molecule has 1 fully saturated rings. The first kappa shape index (κ1) is 19.8. The van der Waals surface area contributed by atoms with Gasteiger partial charge in [0.2, 0.25) is 0 Å². The van der Waals surface area contributed by atoms with Crippen LogP contribution in [-0.4, -0.2) is 49.7 Å². The van der Waals surface area contributed by atoms with Crippen LogP contribution in [0.15, 0.2) is 23.2 Å². The van der Waals surface area contributed by atoms with Gasteiger partial charge in [0.15, 0.2) is 17.5 Å². The second kappa shape index (κ2) is 9.83. The molecule has 6 heteroatoms. The highest BCUT2D eigenvalue weighted by Crippen LogP contribution is 2.32. The Morgan fingerprint density at radius 1 is 1.07 bits per heavy atom. The molecule has 3 rings (SSSR count). The number of anilines is 1. The molecule has 3 N–H and O–H groups in total. The fourth-order valence-corrected chi connectivity index (χ4v) is 3.80. The zero-order valence-corrected chi connectivity index (χ0v) is 16.7. The quantitative estimate of drug-likeness (QED) is 0.610. The molecule has 0 amide bonds. The Balaban J connectivity index is 1.61. The lowest BCUT2D eigenvalue weighted by Gasteiger charge is -2.32. The van der Waals surface area contributed by atoms with E-state index in [0.29, 0.717) is 31.1 Å². The molecule has 2 aliphatic heterocycles. The number of hydrogen-bond donors (Lipinski definition) is 2. The SMILES string of the molecule is CC(C)C(CN=C(N)Nc1ccc2c(c1)OCCCO2)N1CCCCCC1. The molecule has 6 nitrogen and oxygen atoms in total. The highest BCUT2D eigenvalue weighted by atomic mass is 16.5. The highest BCUT2D eigenvalue weighted by Gasteiger charge is 2.22. The molecule has 1 aromatic carbocycles. The van der Waals surface area contributed by atoms with Gasteiger partial charge in [-0.25, -0.2) is 0 Å². The summed E-state index contributed by atoms with van der Waals surface area (Å²) in [5, 5.41) is 3.20. The molecule has 1 saturated heterocycles. The predicted molar refractivity (Wildman–Crippen MR) is 111 cm³/mol. The van der Waals surface area contributed by atoms with E-state index >= 15 is 0 Å². The zero-order chi connectivity index (χ0) is 19.1. The molecule has 1 unspecified atom stereocenters. The average Bonchev–Trinajstić information content (AvgIpc) is 3.04. The number of nitrogens with two attached hydrogens (primary N) is 1. The summed E-state index contributed by atoms with van der Waals surface area (Å²) in [4.78, 5) is 7.25. The van der Waals surface area contributed by atoms with Gasteiger partial charge in [-0.1, -0.05) is 26.7 Å². The van der Waals surface area contributed by atoms with Crippen LogP contribution in [0.1, 0.15) is 46.0 Å². The monoisotopic (exact) mass is 374 g/mol. The maximum Gasteiger partial charge on any atom is 0.193 e. The van der Waals surface area contributed by atoms with Crippen molar-refractivity contribution in [1.29, 1.82) is 0 Å². The number of ether oxygens (including phenoxy) is 2. The smallest absolute Gasteiger partial charge is 0.193 e. The van der Waals surface area contributed by atoms with E-state index in [0.717, 1.165) is 30.2 Å². The van der Waals surface area contributed by atoms with Crippen molar-refractivity contribution in [3.63, 3.8) is 0 Å². The zero-order valence-electron chi connectivity index (χ0n) is 16.7. The molecule has 150 valence electrons. The molecular weight excluding hydrogens is 340 g/mol. The summed E-state index contributed by atoms with van der Waals surface area (Å²) in [5.41, 5.74) is 7.04. The van der Waals surface area contributed by atoms with Crippen molar-refractivity contribution in [2.45, 2.75) is 52.0 Å². The van der Waals surface area contributed by atoms with Gasteiger partial charge in [-0.05, 0) is 44.0 Å². The normalized spacial score (nSPS) is 20.0. The minimum absolute atomic E-state index is 0.437. The van der Waals surface area contributed by atoms with Crippen LogP contribution < -0.4 is 20.5 Å². The summed E-state index contributed by atoms with van der Waals surface area (Å²) < 4.78 is 11.4. The Morgan fingerprint density at radius 3 is 2.48 bits per heavy atom. The number of benzene rings is 1. The molecule has 27 heavy (non-hydrogen) atoms. The summed E-state index contributed by atoms with van der Waals surface area (Å²) >= 11 is 0. The van der Waals surface area contributed by atoms with Gasteiger partial charge >= 0.3 is 0 Å². The van der Waals surface area contributed by atoms with Crippen molar-refractivity contribution in [3.05, 3.63) is 18.2 Å². The Morgan fingerprint density at radius 2 is 1.78 bits per heavy atom. The average molecular weight is 375 g/mol. The van der Waals surface area contributed by atoms with Crippen LogP contribution in [0.25, 0.3) is 0 Å². The molecule has 2 aliphatic rings. The number of rotatable bonds is 5. The highest BCUT2D eigenvalue weighted by molar-refractivity contribution is 5.92. The van der Waals surface area contributed by atoms with E-state index < -0.39 is 0 Å². The fourth-order valence-electron chi connectivity index (χ4n) is 3.80. The van der Waals surface area contributed by atoms with Crippen molar-refractivity contribution in [3.8, 4) is 11.5 Å². The maximum absolute atomic E-state index is 6.17. The van der Waals surface area contributed by atoms with Crippen LogP contribution in [-0.2, 0) is 0 Å². The minimum Gasteiger partial charge on any atom is -0.490 e. The van der Waals surface area contributed by atoms with Crippen molar-refractivity contribution in [2.75, 3.05) is 38.2 Å². The van der Waals surface area contributed by atoms with Crippen LogP contribution in [0, 0.1) is 5.92 Å². The number of guanidine groups is 1. The summed E-state index contributed by atoms with van der Waals surface area (Å²) in [6, 6.07) is 6.24. The third kappa shape index (κ3) is 5.76. The van der Waals surface area contributed by atoms with Crippen LogP contribution in [0.4, 0.5) is 5.69 Å². The van der Waals surface area contributed by atoms with Gasteiger partial charge in [0.05, 0.1) is 19.8 Å². The minimum atomic E-state index is 0.437. The number of fused-ring (bicyclic) bond motifs is 1. The van der Waals surface area contributed by atoms with E-state index in [-0.39, 0.29) is 0 Å². The van der Waals surface area contributed by atoms with E-state index in [1.807, 2.05) is 18.2 Å². The van der Waals surface area contributed by atoms with E-state index in [9.17, 15) is 0 Å². The predicted octanol–water partition coefficient (Wildman–Crippen LogP) is 3.48. The standard InChI is InChI=1S/C21H34N4O2/c1-16(2)18(25-10-5-3-4-6-11-25)15-23-21(22)24-17-8-9-19-20(14-17)27-13-7-12-26-19/h8-9,14,16,18H,3-7,10-13,15H2,1-2H3,(H3,22,23,24). The molecule has 0 spiro atoms. The summed E-state index contributed by atoms with van der Waals surface area (Å²) in [6.07, 6.45) is 6.17. The third-order valence-electron chi connectivity index (χ3n) is 5.35. The first-order valence-corrected chi connectivity index (χ1v) is 10.3. The number of hydrogen-bond acceptors (Lipinski definition) is 4. The van der Waals surface area contributed by atoms with Gasteiger partial charge < -0.3 is 20.5 Å². The lowest BCUT2D eigenvalue weighted by atomic mass is 10.0. The molecule has 0 aliphatic carbocycles. The first-order chi connectivity index (χ1) is 13.1. The number of aliphatic imine (C=N–C) groups is 1. The second-order valence-corrected chi connectivity index (χ2v) is 7.82.